The molecule has 0 spiro atoms. The number of rotatable bonds is 1. The lowest BCUT2D eigenvalue weighted by Gasteiger charge is -1.89. The van der Waals surface area contributed by atoms with Gasteiger partial charge in [0, 0.05) is 16.8 Å². The lowest BCUT2D eigenvalue weighted by molar-refractivity contribution is 0.990. The molecule has 1 rings (SSSR count). The average molecular weight is 216 g/mol. The monoisotopic (exact) mass is 215 g/mol. The molecule has 0 saturated carbocycles. The maximum atomic E-state index is 6.77. The molecular formula is C7H6BrNS. The largest absolute Gasteiger partial charge is 0.308 e. The number of hydrogen-bond acceptors (Lipinski definition) is 1. The van der Waals surface area contributed by atoms with Crippen LogP contribution in [0.2, 0.25) is 0 Å². The van der Waals surface area contributed by atoms with Crippen LogP contribution < -0.4 is 0 Å². The van der Waals surface area contributed by atoms with E-state index >= 15 is 0 Å². The smallest absolute Gasteiger partial charge is 0.254 e. The quantitative estimate of drug-likeness (QED) is 0.633. The lowest BCUT2D eigenvalue weighted by atomic mass is 10.3. The van der Waals surface area contributed by atoms with Crippen molar-refractivity contribution >= 4 is 27.3 Å². The number of thiophene rings is 1. The van der Waals surface area contributed by atoms with E-state index in [1.54, 1.807) is 11.3 Å². The van der Waals surface area contributed by atoms with Crippen molar-refractivity contribution in [3.05, 3.63) is 32.2 Å². The Hall–Kier alpha value is -0.330. The normalized spacial score (nSPS) is 12.5. The van der Waals surface area contributed by atoms with Crippen molar-refractivity contribution in [1.29, 1.82) is 0 Å². The minimum absolute atomic E-state index is 0.0105. The van der Waals surface area contributed by atoms with Crippen LogP contribution in [-0.2, 0) is 0 Å². The molecule has 10 heavy (non-hydrogen) atoms. The first-order chi connectivity index (χ1) is 4.74. The van der Waals surface area contributed by atoms with Gasteiger partial charge in [-0.3, -0.25) is 0 Å². The van der Waals surface area contributed by atoms with Gasteiger partial charge in [0.15, 0.2) is 0 Å². The molecule has 1 heterocycles. The second kappa shape index (κ2) is 3.18. The summed E-state index contributed by atoms with van der Waals surface area (Å²) < 4.78 is 1.07. The first-order valence-corrected chi connectivity index (χ1v) is 4.52. The highest BCUT2D eigenvalue weighted by molar-refractivity contribution is 9.10. The third-order valence-electron chi connectivity index (χ3n) is 1.19. The zero-order chi connectivity index (χ0) is 7.56. The summed E-state index contributed by atoms with van der Waals surface area (Å²) in [5, 5.41) is 2.00. The number of hydrogen-bond donors (Lipinski definition) is 0. The van der Waals surface area contributed by atoms with Crippen LogP contribution in [-0.4, -0.2) is 0 Å². The van der Waals surface area contributed by atoms with Gasteiger partial charge >= 0.3 is 0 Å². The van der Waals surface area contributed by atoms with Crippen molar-refractivity contribution < 1.29 is 0 Å². The van der Waals surface area contributed by atoms with Crippen molar-refractivity contribution in [1.82, 2.24) is 0 Å². The van der Waals surface area contributed by atoms with Crippen LogP contribution in [0.25, 0.3) is 4.85 Å². The predicted octanol–water partition coefficient (Wildman–Crippen LogP) is 3.49. The molecule has 1 atom stereocenters. The van der Waals surface area contributed by atoms with Crippen LogP contribution in [0.15, 0.2) is 15.9 Å². The van der Waals surface area contributed by atoms with Gasteiger partial charge in [-0.1, -0.05) is 0 Å². The molecule has 0 amide bonds. The fourth-order valence-electron chi connectivity index (χ4n) is 0.611. The minimum Gasteiger partial charge on any atom is -0.308 e. The molecule has 1 unspecified atom stereocenters. The molecule has 0 aliphatic rings. The molecule has 0 fully saturated rings. The van der Waals surface area contributed by atoms with Crippen molar-refractivity contribution in [3.8, 4) is 0 Å². The minimum atomic E-state index is 0.0105. The van der Waals surface area contributed by atoms with E-state index in [1.807, 2.05) is 18.4 Å². The maximum absolute atomic E-state index is 6.77. The van der Waals surface area contributed by atoms with E-state index in [2.05, 4.69) is 20.8 Å². The zero-order valence-corrected chi connectivity index (χ0v) is 7.87. The Morgan fingerprint density at radius 3 is 2.90 bits per heavy atom. The van der Waals surface area contributed by atoms with E-state index in [0.717, 1.165) is 9.35 Å². The third kappa shape index (κ3) is 1.59. The summed E-state index contributed by atoms with van der Waals surface area (Å²) in [6.07, 6.45) is 0. The highest BCUT2D eigenvalue weighted by Crippen LogP contribution is 2.27. The van der Waals surface area contributed by atoms with E-state index in [-0.39, 0.29) is 6.04 Å². The standard InChI is InChI=1S/C7H6BrNS/c1-5(9-2)7-3-6(8)4-10-7/h3-5H,1H3. The predicted molar refractivity (Wildman–Crippen MR) is 47.0 cm³/mol. The highest BCUT2D eigenvalue weighted by Gasteiger charge is 2.09. The Kier molecular flexibility index (Phi) is 2.47. The number of halogens is 1. The van der Waals surface area contributed by atoms with Gasteiger partial charge in [0.25, 0.3) is 6.04 Å². The van der Waals surface area contributed by atoms with Gasteiger partial charge in [-0.25, -0.2) is 6.57 Å². The Balaban J connectivity index is 2.87. The van der Waals surface area contributed by atoms with E-state index in [9.17, 15) is 0 Å². The molecular weight excluding hydrogens is 210 g/mol. The summed E-state index contributed by atoms with van der Waals surface area (Å²) in [6, 6.07) is 2.00. The molecule has 1 nitrogen and oxygen atoms in total. The van der Waals surface area contributed by atoms with Gasteiger partial charge in [0.2, 0.25) is 0 Å². The van der Waals surface area contributed by atoms with Crippen LogP contribution in [0.1, 0.15) is 17.8 Å². The van der Waals surface area contributed by atoms with Crippen LogP contribution in [0.5, 0.6) is 0 Å². The van der Waals surface area contributed by atoms with Gasteiger partial charge in [-0.05, 0) is 22.0 Å². The molecule has 3 heteroatoms. The summed E-state index contributed by atoms with van der Waals surface area (Å²) in [5.74, 6) is 0. The maximum Gasteiger partial charge on any atom is 0.254 e. The SMILES string of the molecule is [C-]#[N+]C(C)c1cc(Br)cs1. The fourth-order valence-corrected chi connectivity index (χ4v) is 2.05. The Morgan fingerprint density at radius 2 is 2.50 bits per heavy atom. The second-order valence-corrected chi connectivity index (χ2v) is 3.83. The van der Waals surface area contributed by atoms with Gasteiger partial charge in [-0.2, -0.15) is 0 Å². The van der Waals surface area contributed by atoms with E-state index in [1.165, 1.54) is 0 Å². The molecule has 1 aromatic heterocycles. The summed E-state index contributed by atoms with van der Waals surface area (Å²) >= 11 is 4.96. The summed E-state index contributed by atoms with van der Waals surface area (Å²) in [4.78, 5) is 4.54. The molecule has 52 valence electrons. The molecule has 0 aliphatic carbocycles. The average Bonchev–Trinajstić information content (AvgIpc) is 2.34. The first-order valence-electron chi connectivity index (χ1n) is 2.84. The van der Waals surface area contributed by atoms with Gasteiger partial charge in [0.1, 0.15) is 0 Å². The van der Waals surface area contributed by atoms with Crippen molar-refractivity contribution in [2.75, 3.05) is 0 Å². The Bertz CT molecular complexity index is 261. The van der Waals surface area contributed by atoms with Crippen molar-refractivity contribution in [3.63, 3.8) is 0 Å². The zero-order valence-electron chi connectivity index (χ0n) is 5.47. The summed E-state index contributed by atoms with van der Waals surface area (Å²) in [7, 11) is 0. The molecule has 0 bridgehead atoms. The van der Waals surface area contributed by atoms with Gasteiger partial charge in [-0.15, -0.1) is 11.3 Å². The first kappa shape index (κ1) is 7.77. The van der Waals surface area contributed by atoms with Crippen LogP contribution in [0, 0.1) is 6.57 Å². The third-order valence-corrected chi connectivity index (χ3v) is 3.06. The van der Waals surface area contributed by atoms with Crippen LogP contribution in [0.3, 0.4) is 0 Å². The van der Waals surface area contributed by atoms with E-state index in [0.29, 0.717) is 0 Å². The van der Waals surface area contributed by atoms with Crippen molar-refractivity contribution in [2.24, 2.45) is 0 Å². The van der Waals surface area contributed by atoms with E-state index in [4.69, 9.17) is 6.57 Å². The van der Waals surface area contributed by atoms with Crippen LogP contribution in [0.4, 0.5) is 0 Å². The highest BCUT2D eigenvalue weighted by atomic mass is 79.9. The second-order valence-electron chi connectivity index (χ2n) is 1.97. The molecule has 0 aliphatic heterocycles. The lowest BCUT2D eigenvalue weighted by Crippen LogP contribution is -1.77. The van der Waals surface area contributed by atoms with E-state index < -0.39 is 0 Å². The molecule has 0 radical (unpaired) electrons. The summed E-state index contributed by atoms with van der Waals surface area (Å²) in [6.45, 7) is 8.68. The Morgan fingerprint density at radius 1 is 1.80 bits per heavy atom. The molecule has 1 aromatic rings. The topological polar surface area (TPSA) is 4.36 Å². The Labute approximate surface area is 72.6 Å². The fraction of sp³-hybridized carbons (Fsp3) is 0.286. The molecule has 0 aromatic carbocycles. The molecule has 0 N–H and O–H groups in total. The van der Waals surface area contributed by atoms with Crippen molar-refractivity contribution in [2.45, 2.75) is 13.0 Å². The summed E-state index contributed by atoms with van der Waals surface area (Å²) in [5.41, 5.74) is 0. The molecule has 0 saturated heterocycles. The van der Waals surface area contributed by atoms with Crippen LogP contribution >= 0.6 is 27.3 Å². The van der Waals surface area contributed by atoms with Gasteiger partial charge < -0.3 is 4.85 Å². The van der Waals surface area contributed by atoms with Gasteiger partial charge in [0.05, 0.1) is 4.88 Å². The number of nitrogens with zero attached hydrogens (tertiary/aromatic N) is 1.